The van der Waals surface area contributed by atoms with E-state index in [0.29, 0.717) is 18.8 Å². The summed E-state index contributed by atoms with van der Waals surface area (Å²) in [5, 5.41) is 1.69. The molecule has 2 aromatic heterocycles. The van der Waals surface area contributed by atoms with Crippen LogP contribution in [0.1, 0.15) is 10.5 Å². The summed E-state index contributed by atoms with van der Waals surface area (Å²) in [4.78, 5) is 29.1. The SMILES string of the molecule is O=C(c1cnccn1)N1CCN(c2nc3ccc(Cl)cc3s2)CC1. The molecule has 24 heavy (non-hydrogen) atoms. The molecule has 1 amide bonds. The molecule has 1 saturated heterocycles. The van der Waals surface area contributed by atoms with Gasteiger partial charge in [-0.3, -0.25) is 9.78 Å². The number of carbonyl (C=O) groups excluding carboxylic acids is 1. The van der Waals surface area contributed by atoms with Gasteiger partial charge in [-0.2, -0.15) is 0 Å². The standard InChI is InChI=1S/C16H14ClN5OS/c17-11-1-2-12-14(9-11)24-16(20-12)22-7-5-21(6-8-22)15(23)13-10-18-3-4-19-13/h1-4,9-10H,5-8H2. The fourth-order valence-corrected chi connectivity index (χ4v) is 3.99. The molecule has 8 heteroatoms. The second kappa shape index (κ2) is 6.33. The van der Waals surface area contributed by atoms with E-state index in [4.69, 9.17) is 11.6 Å². The molecular formula is C16H14ClN5OS. The van der Waals surface area contributed by atoms with Crippen LogP contribution in [0.5, 0.6) is 0 Å². The first kappa shape index (κ1) is 15.3. The number of aromatic nitrogens is 3. The monoisotopic (exact) mass is 359 g/mol. The van der Waals surface area contributed by atoms with Crippen molar-refractivity contribution in [3.8, 4) is 0 Å². The number of hydrogen-bond acceptors (Lipinski definition) is 6. The van der Waals surface area contributed by atoms with Gasteiger partial charge in [-0.1, -0.05) is 22.9 Å². The number of benzene rings is 1. The molecule has 3 heterocycles. The third-order valence-corrected chi connectivity index (χ3v) is 5.27. The molecule has 1 fully saturated rings. The summed E-state index contributed by atoms with van der Waals surface area (Å²) in [5.41, 5.74) is 1.35. The minimum absolute atomic E-state index is 0.0705. The molecule has 0 aliphatic carbocycles. The van der Waals surface area contributed by atoms with Crippen molar-refractivity contribution in [1.82, 2.24) is 19.9 Å². The Morgan fingerprint density at radius 3 is 2.75 bits per heavy atom. The predicted molar refractivity (Wildman–Crippen MR) is 94.8 cm³/mol. The molecule has 1 aliphatic rings. The van der Waals surface area contributed by atoms with Crippen LogP contribution >= 0.6 is 22.9 Å². The molecule has 4 rings (SSSR count). The van der Waals surface area contributed by atoms with Crippen LogP contribution in [0.25, 0.3) is 10.2 Å². The van der Waals surface area contributed by atoms with E-state index in [1.54, 1.807) is 17.5 Å². The largest absolute Gasteiger partial charge is 0.345 e. The first-order valence-electron chi connectivity index (χ1n) is 7.57. The number of amides is 1. The first-order chi connectivity index (χ1) is 11.7. The summed E-state index contributed by atoms with van der Waals surface area (Å²) in [5.74, 6) is -0.0705. The average Bonchev–Trinajstić information content (AvgIpc) is 3.05. The first-order valence-corrected chi connectivity index (χ1v) is 8.76. The summed E-state index contributed by atoms with van der Waals surface area (Å²) in [6, 6.07) is 5.72. The molecule has 0 bridgehead atoms. The van der Waals surface area contributed by atoms with E-state index >= 15 is 0 Å². The van der Waals surface area contributed by atoms with Crippen LogP contribution in [0.4, 0.5) is 5.13 Å². The van der Waals surface area contributed by atoms with Crippen molar-refractivity contribution in [3.63, 3.8) is 0 Å². The van der Waals surface area contributed by atoms with Gasteiger partial charge >= 0.3 is 0 Å². The van der Waals surface area contributed by atoms with E-state index in [1.807, 2.05) is 23.1 Å². The number of fused-ring (bicyclic) bond motifs is 1. The van der Waals surface area contributed by atoms with Crippen molar-refractivity contribution in [2.75, 3.05) is 31.1 Å². The molecule has 3 aromatic rings. The number of thiazole rings is 1. The Morgan fingerprint density at radius 1 is 1.17 bits per heavy atom. The van der Waals surface area contributed by atoms with Gasteiger partial charge in [0.1, 0.15) is 5.69 Å². The summed E-state index contributed by atoms with van der Waals surface area (Å²) in [6.07, 6.45) is 4.61. The maximum atomic E-state index is 12.4. The van der Waals surface area contributed by atoms with E-state index in [9.17, 15) is 4.79 Å². The van der Waals surface area contributed by atoms with Crippen molar-refractivity contribution in [2.24, 2.45) is 0 Å². The number of hydrogen-bond donors (Lipinski definition) is 0. The lowest BCUT2D eigenvalue weighted by atomic mass is 10.3. The van der Waals surface area contributed by atoms with Crippen molar-refractivity contribution in [1.29, 1.82) is 0 Å². The van der Waals surface area contributed by atoms with Crippen LogP contribution in [0.2, 0.25) is 5.02 Å². The third-order valence-electron chi connectivity index (χ3n) is 3.96. The number of halogens is 1. The van der Waals surface area contributed by atoms with E-state index in [-0.39, 0.29) is 5.91 Å². The van der Waals surface area contributed by atoms with Gasteiger partial charge in [-0.05, 0) is 18.2 Å². The Morgan fingerprint density at radius 2 is 2.00 bits per heavy atom. The highest BCUT2D eigenvalue weighted by molar-refractivity contribution is 7.22. The Hall–Kier alpha value is -2.25. The van der Waals surface area contributed by atoms with Crippen LogP contribution in [-0.2, 0) is 0 Å². The van der Waals surface area contributed by atoms with E-state index in [2.05, 4.69) is 19.9 Å². The van der Waals surface area contributed by atoms with Crippen molar-refractivity contribution >= 4 is 44.2 Å². The normalized spacial score (nSPS) is 15.0. The van der Waals surface area contributed by atoms with Crippen molar-refractivity contribution < 1.29 is 4.79 Å². The third kappa shape index (κ3) is 2.92. The predicted octanol–water partition coefficient (Wildman–Crippen LogP) is 2.70. The number of carbonyl (C=O) groups is 1. The Bertz CT molecular complexity index is 877. The summed E-state index contributed by atoms with van der Waals surface area (Å²) < 4.78 is 1.08. The Kier molecular flexibility index (Phi) is 4.03. The minimum atomic E-state index is -0.0705. The van der Waals surface area contributed by atoms with Crippen LogP contribution < -0.4 is 4.90 Å². The molecule has 6 nitrogen and oxygen atoms in total. The number of rotatable bonds is 2. The van der Waals surface area contributed by atoms with Crippen LogP contribution in [0, 0.1) is 0 Å². The van der Waals surface area contributed by atoms with Gasteiger partial charge in [-0.25, -0.2) is 9.97 Å². The molecule has 122 valence electrons. The number of piperazine rings is 1. The van der Waals surface area contributed by atoms with Crippen molar-refractivity contribution in [3.05, 3.63) is 47.5 Å². The van der Waals surface area contributed by atoms with Gasteiger partial charge in [0, 0.05) is 43.6 Å². The topological polar surface area (TPSA) is 62.2 Å². The highest BCUT2D eigenvalue weighted by atomic mass is 35.5. The second-order valence-corrected chi connectivity index (χ2v) is 6.92. The molecule has 1 aliphatic heterocycles. The summed E-state index contributed by atoms with van der Waals surface area (Å²) >= 11 is 7.66. The fourth-order valence-electron chi connectivity index (χ4n) is 2.69. The van der Waals surface area contributed by atoms with Crippen LogP contribution in [0.3, 0.4) is 0 Å². The van der Waals surface area contributed by atoms with Gasteiger partial charge in [0.05, 0.1) is 16.4 Å². The zero-order valence-electron chi connectivity index (χ0n) is 12.7. The highest BCUT2D eigenvalue weighted by Crippen LogP contribution is 2.31. The van der Waals surface area contributed by atoms with Gasteiger partial charge in [-0.15, -0.1) is 0 Å². The molecule has 0 N–H and O–H groups in total. The minimum Gasteiger partial charge on any atom is -0.345 e. The van der Waals surface area contributed by atoms with Crippen LogP contribution in [-0.4, -0.2) is 51.9 Å². The second-order valence-electron chi connectivity index (χ2n) is 5.48. The smallest absolute Gasteiger partial charge is 0.274 e. The Labute approximate surface area is 147 Å². The molecule has 0 atom stereocenters. The van der Waals surface area contributed by atoms with Gasteiger partial charge in [0.2, 0.25) is 0 Å². The van der Waals surface area contributed by atoms with E-state index < -0.39 is 0 Å². The fraction of sp³-hybridized carbons (Fsp3) is 0.250. The van der Waals surface area contributed by atoms with Gasteiger partial charge in [0.25, 0.3) is 5.91 Å². The highest BCUT2D eigenvalue weighted by Gasteiger charge is 2.24. The average molecular weight is 360 g/mol. The maximum absolute atomic E-state index is 12.4. The molecule has 1 aromatic carbocycles. The summed E-state index contributed by atoms with van der Waals surface area (Å²) in [6.45, 7) is 2.79. The molecule has 0 unspecified atom stereocenters. The molecule has 0 saturated carbocycles. The number of anilines is 1. The van der Waals surface area contributed by atoms with Crippen molar-refractivity contribution in [2.45, 2.75) is 0 Å². The van der Waals surface area contributed by atoms with E-state index in [0.717, 1.165) is 33.5 Å². The van der Waals surface area contributed by atoms with Gasteiger partial charge < -0.3 is 9.80 Å². The van der Waals surface area contributed by atoms with E-state index in [1.165, 1.54) is 12.4 Å². The zero-order chi connectivity index (χ0) is 16.5. The van der Waals surface area contributed by atoms with Gasteiger partial charge in [0.15, 0.2) is 5.13 Å². The lowest BCUT2D eigenvalue weighted by molar-refractivity contribution is 0.0740. The van der Waals surface area contributed by atoms with Crippen LogP contribution in [0.15, 0.2) is 36.8 Å². The lowest BCUT2D eigenvalue weighted by Crippen LogP contribution is -2.49. The Balaban J connectivity index is 1.46. The molecular weight excluding hydrogens is 346 g/mol. The summed E-state index contributed by atoms with van der Waals surface area (Å²) in [7, 11) is 0. The molecule has 0 radical (unpaired) electrons. The number of nitrogens with zero attached hydrogens (tertiary/aromatic N) is 5. The quantitative estimate of drug-likeness (QED) is 0.704. The zero-order valence-corrected chi connectivity index (χ0v) is 14.3. The lowest BCUT2D eigenvalue weighted by Gasteiger charge is -2.34. The molecule has 0 spiro atoms. The maximum Gasteiger partial charge on any atom is 0.274 e.